The van der Waals surface area contributed by atoms with Crippen LogP contribution in [0.5, 0.6) is 0 Å². The van der Waals surface area contributed by atoms with Crippen molar-refractivity contribution in [2.45, 2.75) is 19.1 Å². The van der Waals surface area contributed by atoms with Gasteiger partial charge in [-0.1, -0.05) is 0 Å². The molecular weight excluding hydrogens is 223 g/mol. The molecule has 94 valence electrons. The van der Waals surface area contributed by atoms with Gasteiger partial charge < -0.3 is 10.6 Å². The predicted octanol–water partition coefficient (Wildman–Crippen LogP) is 0.0401. The van der Waals surface area contributed by atoms with Gasteiger partial charge in [-0.15, -0.1) is 0 Å². The van der Waals surface area contributed by atoms with Gasteiger partial charge in [0.1, 0.15) is 0 Å². The van der Waals surface area contributed by atoms with Gasteiger partial charge in [0.15, 0.2) is 0 Å². The lowest BCUT2D eigenvalue weighted by Crippen LogP contribution is -2.55. The molecule has 1 saturated heterocycles. The summed E-state index contributed by atoms with van der Waals surface area (Å²) in [6.07, 6.45) is -4.76. The minimum absolute atomic E-state index is 0.114. The van der Waals surface area contributed by atoms with Crippen molar-refractivity contribution in [3.8, 4) is 0 Å². The molecule has 1 amide bonds. The van der Waals surface area contributed by atoms with E-state index in [9.17, 15) is 18.0 Å². The molecule has 1 rings (SSSR count). The highest BCUT2D eigenvalue weighted by Gasteiger charge is 2.43. The van der Waals surface area contributed by atoms with Crippen LogP contribution in [0.3, 0.4) is 0 Å². The van der Waals surface area contributed by atoms with Gasteiger partial charge in [-0.25, -0.2) is 0 Å². The van der Waals surface area contributed by atoms with E-state index in [0.717, 1.165) is 4.90 Å². The highest BCUT2D eigenvalue weighted by Crippen LogP contribution is 2.19. The van der Waals surface area contributed by atoms with Gasteiger partial charge in [-0.05, 0) is 6.92 Å². The van der Waals surface area contributed by atoms with Crippen LogP contribution in [0, 0.1) is 0 Å². The highest BCUT2D eigenvalue weighted by atomic mass is 19.4. The summed E-state index contributed by atoms with van der Waals surface area (Å²) in [7, 11) is 0. The fourth-order valence-corrected chi connectivity index (χ4v) is 1.69. The number of nitrogens with zero attached hydrogens (tertiary/aromatic N) is 2. The summed E-state index contributed by atoms with van der Waals surface area (Å²) >= 11 is 0. The maximum atomic E-state index is 12.1. The predicted molar refractivity (Wildman–Crippen MR) is 52.7 cm³/mol. The number of amides is 1. The molecule has 1 aliphatic rings. The monoisotopic (exact) mass is 239 g/mol. The molecule has 2 N–H and O–H groups in total. The van der Waals surface area contributed by atoms with Crippen molar-refractivity contribution < 1.29 is 18.0 Å². The SMILES string of the molecule is CC(CN)N1CCN(C(=O)C(F)(F)F)CC1. The van der Waals surface area contributed by atoms with E-state index < -0.39 is 12.1 Å². The first-order chi connectivity index (χ1) is 7.36. The van der Waals surface area contributed by atoms with Gasteiger partial charge in [-0.3, -0.25) is 9.69 Å². The molecule has 1 atom stereocenters. The molecule has 0 aliphatic carbocycles. The number of halogens is 3. The van der Waals surface area contributed by atoms with Crippen LogP contribution in [0.15, 0.2) is 0 Å². The molecule has 0 saturated carbocycles. The van der Waals surface area contributed by atoms with Gasteiger partial charge in [0, 0.05) is 38.8 Å². The van der Waals surface area contributed by atoms with Crippen LogP contribution in [0.25, 0.3) is 0 Å². The van der Waals surface area contributed by atoms with E-state index in [1.165, 1.54) is 0 Å². The number of carbonyl (C=O) groups excluding carboxylic acids is 1. The summed E-state index contributed by atoms with van der Waals surface area (Å²) in [6.45, 7) is 3.50. The van der Waals surface area contributed by atoms with Crippen molar-refractivity contribution in [1.82, 2.24) is 9.80 Å². The summed E-state index contributed by atoms with van der Waals surface area (Å²) in [5.74, 6) is -1.74. The second-order valence-corrected chi connectivity index (χ2v) is 3.91. The van der Waals surface area contributed by atoms with E-state index in [1.54, 1.807) is 0 Å². The first-order valence-electron chi connectivity index (χ1n) is 5.16. The standard InChI is InChI=1S/C9H16F3N3O/c1-7(6-13)14-2-4-15(5-3-14)8(16)9(10,11)12/h7H,2-6,13H2,1H3. The number of hydrogen-bond donors (Lipinski definition) is 1. The molecule has 1 aliphatic heterocycles. The maximum Gasteiger partial charge on any atom is 0.471 e. The molecule has 0 aromatic rings. The summed E-state index contributed by atoms with van der Waals surface area (Å²) in [6, 6.07) is 0.142. The Labute approximate surface area is 92.2 Å². The Bertz CT molecular complexity index is 249. The molecule has 7 heteroatoms. The Hall–Kier alpha value is -0.820. The normalized spacial score (nSPS) is 20.9. The van der Waals surface area contributed by atoms with E-state index >= 15 is 0 Å². The third-order valence-corrected chi connectivity index (χ3v) is 2.81. The van der Waals surface area contributed by atoms with Crippen molar-refractivity contribution in [3.63, 3.8) is 0 Å². The Morgan fingerprint density at radius 3 is 2.19 bits per heavy atom. The van der Waals surface area contributed by atoms with Crippen LogP contribution in [0.1, 0.15) is 6.92 Å². The fraction of sp³-hybridized carbons (Fsp3) is 0.889. The highest BCUT2D eigenvalue weighted by molar-refractivity contribution is 5.81. The van der Waals surface area contributed by atoms with E-state index in [1.807, 2.05) is 11.8 Å². The molecule has 1 unspecified atom stereocenters. The summed E-state index contributed by atoms with van der Waals surface area (Å²) in [5.41, 5.74) is 5.46. The average molecular weight is 239 g/mol. The third-order valence-electron chi connectivity index (χ3n) is 2.81. The lowest BCUT2D eigenvalue weighted by molar-refractivity contribution is -0.187. The summed E-state index contributed by atoms with van der Waals surface area (Å²) in [5, 5.41) is 0. The number of piperazine rings is 1. The van der Waals surface area contributed by atoms with Crippen molar-refractivity contribution in [2.75, 3.05) is 32.7 Å². The molecule has 16 heavy (non-hydrogen) atoms. The second kappa shape index (κ2) is 5.01. The van der Waals surface area contributed by atoms with Gasteiger partial charge >= 0.3 is 12.1 Å². The van der Waals surface area contributed by atoms with Crippen molar-refractivity contribution in [2.24, 2.45) is 5.73 Å². The van der Waals surface area contributed by atoms with Crippen molar-refractivity contribution >= 4 is 5.91 Å². The number of carbonyl (C=O) groups is 1. The lowest BCUT2D eigenvalue weighted by atomic mass is 10.2. The number of nitrogens with two attached hydrogens (primary N) is 1. The Balaban J connectivity index is 2.46. The first-order valence-corrected chi connectivity index (χ1v) is 5.16. The van der Waals surface area contributed by atoms with Crippen LogP contribution < -0.4 is 5.73 Å². The number of alkyl halides is 3. The van der Waals surface area contributed by atoms with Crippen LogP contribution in [-0.2, 0) is 4.79 Å². The van der Waals surface area contributed by atoms with E-state index in [2.05, 4.69) is 0 Å². The Morgan fingerprint density at radius 1 is 1.31 bits per heavy atom. The lowest BCUT2D eigenvalue weighted by Gasteiger charge is -2.37. The largest absolute Gasteiger partial charge is 0.471 e. The first kappa shape index (κ1) is 13.2. The second-order valence-electron chi connectivity index (χ2n) is 3.91. The van der Waals surface area contributed by atoms with Gasteiger partial charge in [-0.2, -0.15) is 13.2 Å². The maximum absolute atomic E-state index is 12.1. The van der Waals surface area contributed by atoms with Gasteiger partial charge in [0.2, 0.25) is 0 Å². The topological polar surface area (TPSA) is 49.6 Å². The van der Waals surface area contributed by atoms with E-state index in [4.69, 9.17) is 5.73 Å². The van der Waals surface area contributed by atoms with Crippen molar-refractivity contribution in [1.29, 1.82) is 0 Å². The molecule has 4 nitrogen and oxygen atoms in total. The molecular formula is C9H16F3N3O. The molecule has 0 aromatic heterocycles. The van der Waals surface area contributed by atoms with Gasteiger partial charge in [0.25, 0.3) is 0 Å². The average Bonchev–Trinajstić information content (AvgIpc) is 2.26. The molecule has 0 radical (unpaired) electrons. The van der Waals surface area contributed by atoms with E-state index in [0.29, 0.717) is 19.6 Å². The Kier molecular flexibility index (Phi) is 4.15. The van der Waals surface area contributed by atoms with Gasteiger partial charge in [0.05, 0.1) is 0 Å². The van der Waals surface area contributed by atoms with Crippen LogP contribution in [0.4, 0.5) is 13.2 Å². The number of hydrogen-bond acceptors (Lipinski definition) is 3. The summed E-state index contributed by atoms with van der Waals surface area (Å²) < 4.78 is 36.4. The quantitative estimate of drug-likeness (QED) is 0.740. The minimum Gasteiger partial charge on any atom is -0.332 e. The fourth-order valence-electron chi connectivity index (χ4n) is 1.69. The zero-order chi connectivity index (χ0) is 12.3. The summed E-state index contributed by atoms with van der Waals surface area (Å²) in [4.78, 5) is 13.8. The molecule has 0 spiro atoms. The Morgan fingerprint density at radius 2 is 1.81 bits per heavy atom. The van der Waals surface area contributed by atoms with Crippen LogP contribution in [0.2, 0.25) is 0 Å². The molecule has 1 fully saturated rings. The van der Waals surface area contributed by atoms with Crippen LogP contribution >= 0.6 is 0 Å². The zero-order valence-corrected chi connectivity index (χ0v) is 9.13. The van der Waals surface area contributed by atoms with E-state index in [-0.39, 0.29) is 19.1 Å². The number of rotatable bonds is 2. The molecule has 1 heterocycles. The third kappa shape index (κ3) is 3.08. The molecule has 0 bridgehead atoms. The minimum atomic E-state index is -4.76. The van der Waals surface area contributed by atoms with Crippen molar-refractivity contribution in [3.05, 3.63) is 0 Å². The zero-order valence-electron chi connectivity index (χ0n) is 9.13. The van der Waals surface area contributed by atoms with Crippen LogP contribution in [-0.4, -0.2) is 60.6 Å². The smallest absolute Gasteiger partial charge is 0.332 e. The molecule has 0 aromatic carbocycles.